The third kappa shape index (κ3) is 4.61. The maximum absolute atomic E-state index is 12.6. The summed E-state index contributed by atoms with van der Waals surface area (Å²) in [6, 6.07) is 10.0. The van der Waals surface area contributed by atoms with Crippen molar-refractivity contribution in [3.8, 4) is 11.3 Å². The van der Waals surface area contributed by atoms with Gasteiger partial charge in [-0.2, -0.15) is 5.10 Å². The SMILES string of the molecule is CCN(CC)[C@@H]1CCO[C@H](c2ccc(NC(=O)c3cc(-c4cnn(C)c4C)no3)cc2)C1. The summed E-state index contributed by atoms with van der Waals surface area (Å²) < 4.78 is 13.1. The van der Waals surface area contributed by atoms with Crippen molar-refractivity contribution >= 4 is 11.6 Å². The lowest BCUT2D eigenvalue weighted by Crippen LogP contribution is -2.40. The zero-order chi connectivity index (χ0) is 22.7. The lowest BCUT2D eigenvalue weighted by Gasteiger charge is -2.36. The fourth-order valence-corrected chi connectivity index (χ4v) is 4.32. The first-order valence-electron chi connectivity index (χ1n) is 11.2. The van der Waals surface area contributed by atoms with E-state index in [2.05, 4.69) is 34.3 Å². The van der Waals surface area contributed by atoms with Gasteiger partial charge in [-0.15, -0.1) is 0 Å². The normalized spacial score (nSPS) is 18.8. The molecule has 1 aromatic carbocycles. The standard InChI is InChI=1S/C24H31N5O3/c1-5-29(6-2)19-11-12-31-22(13-19)17-7-9-18(10-8-17)26-24(30)23-14-21(27-32-23)20-15-25-28(4)16(20)3/h7-10,14-15,19,22H,5-6,11-13H2,1-4H3,(H,26,30)/t19-,22+/m1/s1. The van der Waals surface area contributed by atoms with Gasteiger partial charge in [0, 0.05) is 42.7 Å². The number of nitrogens with one attached hydrogen (secondary N) is 1. The number of hydrogen-bond donors (Lipinski definition) is 1. The summed E-state index contributed by atoms with van der Waals surface area (Å²) in [5.41, 5.74) is 4.22. The number of anilines is 1. The van der Waals surface area contributed by atoms with Crippen molar-refractivity contribution in [2.24, 2.45) is 7.05 Å². The van der Waals surface area contributed by atoms with Crippen LogP contribution >= 0.6 is 0 Å². The Morgan fingerprint density at radius 1 is 1.25 bits per heavy atom. The monoisotopic (exact) mass is 437 g/mol. The van der Waals surface area contributed by atoms with E-state index in [1.807, 2.05) is 38.2 Å². The zero-order valence-corrected chi connectivity index (χ0v) is 19.2. The van der Waals surface area contributed by atoms with Crippen molar-refractivity contribution in [1.29, 1.82) is 0 Å². The summed E-state index contributed by atoms with van der Waals surface area (Å²) >= 11 is 0. The molecule has 32 heavy (non-hydrogen) atoms. The number of carbonyl (C=O) groups excluding carboxylic acids is 1. The molecule has 1 aliphatic heterocycles. The number of carbonyl (C=O) groups is 1. The van der Waals surface area contributed by atoms with Gasteiger partial charge in [0.05, 0.1) is 12.3 Å². The van der Waals surface area contributed by atoms with Crippen LogP contribution in [0.3, 0.4) is 0 Å². The van der Waals surface area contributed by atoms with E-state index in [0.717, 1.165) is 49.4 Å². The number of rotatable bonds is 7. The molecule has 3 aromatic rings. The molecule has 8 nitrogen and oxygen atoms in total. The molecule has 0 aliphatic carbocycles. The van der Waals surface area contributed by atoms with E-state index in [1.54, 1.807) is 16.9 Å². The number of nitrogens with zero attached hydrogens (tertiary/aromatic N) is 4. The molecule has 1 aliphatic rings. The Bertz CT molecular complexity index is 1050. The predicted molar refractivity (Wildman–Crippen MR) is 122 cm³/mol. The average Bonchev–Trinajstić information content (AvgIpc) is 3.42. The minimum atomic E-state index is -0.339. The Labute approximate surface area is 188 Å². The second kappa shape index (κ2) is 9.67. The van der Waals surface area contributed by atoms with Crippen molar-refractivity contribution in [3.63, 3.8) is 0 Å². The summed E-state index contributed by atoms with van der Waals surface area (Å²) in [4.78, 5) is 15.1. The molecule has 1 saturated heterocycles. The van der Waals surface area contributed by atoms with E-state index in [1.165, 1.54) is 0 Å². The number of benzene rings is 1. The second-order valence-electron chi connectivity index (χ2n) is 8.18. The third-order valence-electron chi connectivity index (χ3n) is 6.37. The maximum Gasteiger partial charge on any atom is 0.294 e. The van der Waals surface area contributed by atoms with E-state index < -0.39 is 0 Å². The topological polar surface area (TPSA) is 85.4 Å². The van der Waals surface area contributed by atoms with Crippen LogP contribution in [-0.4, -0.2) is 51.5 Å². The van der Waals surface area contributed by atoms with Gasteiger partial charge in [0.1, 0.15) is 5.69 Å². The molecule has 170 valence electrons. The van der Waals surface area contributed by atoms with Gasteiger partial charge in [-0.25, -0.2) is 0 Å². The molecule has 0 spiro atoms. The first-order valence-corrected chi connectivity index (χ1v) is 11.2. The summed E-state index contributed by atoms with van der Waals surface area (Å²) in [7, 11) is 1.86. The fraction of sp³-hybridized carbons (Fsp3) is 0.458. The van der Waals surface area contributed by atoms with Crippen LogP contribution < -0.4 is 5.32 Å². The van der Waals surface area contributed by atoms with Crippen molar-refractivity contribution in [2.45, 2.75) is 45.8 Å². The molecule has 1 fully saturated rings. The number of ether oxygens (including phenoxy) is 1. The van der Waals surface area contributed by atoms with E-state index in [4.69, 9.17) is 9.26 Å². The minimum absolute atomic E-state index is 0.0821. The van der Waals surface area contributed by atoms with Crippen molar-refractivity contribution < 1.29 is 14.1 Å². The van der Waals surface area contributed by atoms with E-state index in [-0.39, 0.29) is 17.8 Å². The molecule has 1 amide bonds. The highest BCUT2D eigenvalue weighted by molar-refractivity contribution is 6.02. The summed E-state index contributed by atoms with van der Waals surface area (Å²) in [5.74, 6) is -0.182. The van der Waals surface area contributed by atoms with Gasteiger partial charge < -0.3 is 19.5 Å². The molecule has 2 atom stereocenters. The number of aryl methyl sites for hydroxylation is 1. The summed E-state index contributed by atoms with van der Waals surface area (Å²) in [6.07, 6.45) is 3.86. The van der Waals surface area contributed by atoms with Crippen molar-refractivity contribution in [3.05, 3.63) is 53.5 Å². The van der Waals surface area contributed by atoms with Crippen LogP contribution in [0.15, 0.2) is 41.1 Å². The highest BCUT2D eigenvalue weighted by Crippen LogP contribution is 2.31. The minimum Gasteiger partial charge on any atom is -0.373 e. The lowest BCUT2D eigenvalue weighted by molar-refractivity contribution is -0.0265. The smallest absolute Gasteiger partial charge is 0.294 e. The molecule has 0 unspecified atom stereocenters. The summed E-state index contributed by atoms with van der Waals surface area (Å²) in [5, 5.41) is 11.1. The van der Waals surface area contributed by atoms with E-state index in [9.17, 15) is 4.79 Å². The van der Waals surface area contributed by atoms with Gasteiger partial charge in [0.15, 0.2) is 0 Å². The Balaban J connectivity index is 1.40. The van der Waals surface area contributed by atoms with Gasteiger partial charge in [-0.1, -0.05) is 31.1 Å². The molecule has 8 heteroatoms. The largest absolute Gasteiger partial charge is 0.373 e. The number of amides is 1. The predicted octanol–water partition coefficient (Wildman–Crippen LogP) is 4.20. The van der Waals surface area contributed by atoms with Crippen LogP contribution in [-0.2, 0) is 11.8 Å². The molecular formula is C24H31N5O3. The van der Waals surface area contributed by atoms with Gasteiger partial charge in [-0.3, -0.25) is 9.48 Å². The average molecular weight is 438 g/mol. The molecule has 3 heterocycles. The number of aromatic nitrogens is 3. The first-order chi connectivity index (χ1) is 15.5. The van der Waals surface area contributed by atoms with Gasteiger partial charge in [0.2, 0.25) is 5.76 Å². The van der Waals surface area contributed by atoms with Crippen LogP contribution in [0.5, 0.6) is 0 Å². The molecular weight excluding hydrogens is 406 g/mol. The Kier molecular flexibility index (Phi) is 6.72. The van der Waals surface area contributed by atoms with E-state index in [0.29, 0.717) is 17.4 Å². The summed E-state index contributed by atoms with van der Waals surface area (Å²) in [6.45, 7) is 9.25. The Hall–Kier alpha value is -2.97. The first kappa shape index (κ1) is 22.2. The quantitative estimate of drug-likeness (QED) is 0.596. The second-order valence-corrected chi connectivity index (χ2v) is 8.18. The molecule has 2 aromatic heterocycles. The maximum atomic E-state index is 12.6. The Morgan fingerprint density at radius 3 is 2.66 bits per heavy atom. The molecule has 0 bridgehead atoms. The fourth-order valence-electron chi connectivity index (χ4n) is 4.32. The molecule has 1 N–H and O–H groups in total. The highest BCUT2D eigenvalue weighted by Gasteiger charge is 2.27. The Morgan fingerprint density at radius 2 is 2.00 bits per heavy atom. The lowest BCUT2D eigenvalue weighted by atomic mass is 9.96. The van der Waals surface area contributed by atoms with Crippen LogP contribution in [0, 0.1) is 6.92 Å². The van der Waals surface area contributed by atoms with Crippen LogP contribution in [0.1, 0.15) is 54.6 Å². The highest BCUT2D eigenvalue weighted by atomic mass is 16.5. The van der Waals surface area contributed by atoms with Gasteiger partial charge in [0.25, 0.3) is 5.91 Å². The zero-order valence-electron chi connectivity index (χ0n) is 19.2. The van der Waals surface area contributed by atoms with Crippen molar-refractivity contribution in [1.82, 2.24) is 19.8 Å². The van der Waals surface area contributed by atoms with Gasteiger partial charge in [-0.05, 0) is 50.6 Å². The molecule has 0 saturated carbocycles. The van der Waals surface area contributed by atoms with Crippen LogP contribution in [0.4, 0.5) is 5.69 Å². The number of hydrogen-bond acceptors (Lipinski definition) is 6. The van der Waals surface area contributed by atoms with Gasteiger partial charge >= 0.3 is 0 Å². The molecule has 4 rings (SSSR count). The third-order valence-corrected chi connectivity index (χ3v) is 6.37. The van der Waals surface area contributed by atoms with Crippen LogP contribution in [0.2, 0.25) is 0 Å². The van der Waals surface area contributed by atoms with E-state index >= 15 is 0 Å². The molecule has 0 radical (unpaired) electrons. The van der Waals surface area contributed by atoms with Crippen molar-refractivity contribution in [2.75, 3.05) is 25.0 Å². The van der Waals surface area contributed by atoms with Crippen LogP contribution in [0.25, 0.3) is 11.3 Å².